The van der Waals surface area contributed by atoms with Crippen LogP contribution >= 0.6 is 0 Å². The summed E-state index contributed by atoms with van der Waals surface area (Å²) in [5.41, 5.74) is 0.866. The number of carbonyl (C=O) groups excluding carboxylic acids is 1. The number of allylic oxidation sites excluding steroid dienone is 1. The number of aliphatic hydroxyl groups is 1. The highest BCUT2D eigenvalue weighted by Crippen LogP contribution is 2.38. The van der Waals surface area contributed by atoms with Gasteiger partial charge in [0.25, 0.3) is 0 Å². The van der Waals surface area contributed by atoms with E-state index in [0.717, 1.165) is 17.0 Å². The maximum atomic E-state index is 12.4. The molecule has 0 heterocycles. The number of ether oxygens (including phenoxy) is 1. The number of rotatable bonds is 5. The van der Waals surface area contributed by atoms with Crippen LogP contribution in [0.2, 0.25) is 0 Å². The Hall–Kier alpha value is -2.59. The first-order valence-corrected chi connectivity index (χ1v) is 7.50. The van der Waals surface area contributed by atoms with E-state index in [-0.39, 0.29) is 12.4 Å². The Labute approximate surface area is 135 Å². The van der Waals surface area contributed by atoms with E-state index in [1.165, 1.54) is 0 Å². The van der Waals surface area contributed by atoms with Crippen LogP contribution in [0.5, 0.6) is 5.75 Å². The monoisotopic (exact) mass is 309 g/mol. The van der Waals surface area contributed by atoms with Crippen LogP contribution < -0.4 is 10.1 Å². The molecule has 1 aliphatic rings. The van der Waals surface area contributed by atoms with Gasteiger partial charge in [-0.2, -0.15) is 0 Å². The van der Waals surface area contributed by atoms with Crippen molar-refractivity contribution < 1.29 is 14.6 Å². The number of carbonyl (C=O) groups is 1. The molecule has 0 amide bonds. The molecule has 23 heavy (non-hydrogen) atoms. The summed E-state index contributed by atoms with van der Waals surface area (Å²) in [5.74, 6) is 0.299. The van der Waals surface area contributed by atoms with E-state index in [9.17, 15) is 9.90 Å². The molecule has 118 valence electrons. The van der Waals surface area contributed by atoms with Crippen molar-refractivity contribution in [2.75, 3.05) is 19.0 Å². The van der Waals surface area contributed by atoms with Crippen LogP contribution in [0.15, 0.2) is 66.7 Å². The second-order valence-corrected chi connectivity index (χ2v) is 5.63. The fourth-order valence-electron chi connectivity index (χ4n) is 3.02. The molecule has 2 N–H and O–H groups in total. The highest BCUT2D eigenvalue weighted by Gasteiger charge is 2.45. The van der Waals surface area contributed by atoms with Gasteiger partial charge in [-0.3, -0.25) is 4.79 Å². The van der Waals surface area contributed by atoms with E-state index in [1.54, 1.807) is 19.3 Å². The molecule has 0 aromatic heterocycles. The summed E-state index contributed by atoms with van der Waals surface area (Å²) < 4.78 is 5.15. The van der Waals surface area contributed by atoms with E-state index >= 15 is 0 Å². The second kappa shape index (κ2) is 6.26. The van der Waals surface area contributed by atoms with Crippen molar-refractivity contribution in [3.63, 3.8) is 0 Å². The SMILES string of the molecule is COc1ccc(N[C@@]2(CO)C=CC(=O)[C@@H]2c2ccccc2)cc1. The Morgan fingerprint density at radius 3 is 2.43 bits per heavy atom. The lowest BCUT2D eigenvalue weighted by Gasteiger charge is -2.34. The van der Waals surface area contributed by atoms with Crippen molar-refractivity contribution in [1.29, 1.82) is 0 Å². The number of hydrogen-bond donors (Lipinski definition) is 2. The highest BCUT2D eigenvalue weighted by atomic mass is 16.5. The minimum absolute atomic E-state index is 0.00809. The molecule has 4 heteroatoms. The zero-order chi connectivity index (χ0) is 16.3. The first-order chi connectivity index (χ1) is 11.2. The third kappa shape index (κ3) is 2.85. The van der Waals surface area contributed by atoms with Crippen LogP contribution in [0.25, 0.3) is 0 Å². The van der Waals surface area contributed by atoms with Crippen LogP contribution in [-0.2, 0) is 4.79 Å². The van der Waals surface area contributed by atoms with Crippen molar-refractivity contribution in [3.05, 3.63) is 72.3 Å². The Bertz CT molecular complexity index is 709. The number of methoxy groups -OCH3 is 1. The molecule has 2 aromatic carbocycles. The summed E-state index contributed by atoms with van der Waals surface area (Å²) in [5, 5.41) is 13.4. The van der Waals surface area contributed by atoms with Gasteiger partial charge in [-0.1, -0.05) is 36.4 Å². The molecule has 4 nitrogen and oxygen atoms in total. The molecule has 0 radical (unpaired) electrons. The summed E-state index contributed by atoms with van der Waals surface area (Å²) in [6.07, 6.45) is 3.31. The molecule has 0 aliphatic heterocycles. The molecule has 2 atom stereocenters. The molecule has 0 fully saturated rings. The fraction of sp³-hybridized carbons (Fsp3) is 0.211. The van der Waals surface area contributed by atoms with Gasteiger partial charge in [0.1, 0.15) is 5.75 Å². The number of nitrogens with one attached hydrogen (secondary N) is 1. The Kier molecular flexibility index (Phi) is 4.17. The highest BCUT2D eigenvalue weighted by molar-refractivity contribution is 6.01. The quantitative estimate of drug-likeness (QED) is 0.891. The lowest BCUT2D eigenvalue weighted by atomic mass is 9.81. The smallest absolute Gasteiger partial charge is 0.165 e. The maximum absolute atomic E-state index is 12.4. The zero-order valence-corrected chi connectivity index (χ0v) is 12.9. The molecule has 0 spiro atoms. The number of aliphatic hydroxyl groups excluding tert-OH is 1. The largest absolute Gasteiger partial charge is 0.497 e. The summed E-state index contributed by atoms with van der Waals surface area (Å²) in [6, 6.07) is 17.0. The second-order valence-electron chi connectivity index (χ2n) is 5.63. The molecule has 0 saturated heterocycles. The standard InChI is InChI=1S/C19H19NO3/c1-23-16-9-7-15(8-10-16)20-19(13-21)12-11-17(22)18(19)14-5-3-2-4-6-14/h2-12,18,20-21H,13H2,1H3/t18-,19+/m0/s1. The third-order valence-electron chi connectivity index (χ3n) is 4.21. The minimum Gasteiger partial charge on any atom is -0.497 e. The van der Waals surface area contributed by atoms with E-state index in [1.807, 2.05) is 54.6 Å². The third-order valence-corrected chi connectivity index (χ3v) is 4.21. The molecule has 3 rings (SSSR count). The molecule has 2 aromatic rings. The Morgan fingerprint density at radius 2 is 1.83 bits per heavy atom. The van der Waals surface area contributed by atoms with Crippen molar-refractivity contribution in [3.8, 4) is 5.75 Å². The summed E-state index contributed by atoms with van der Waals surface area (Å²) in [6.45, 7) is -0.180. The molecular weight excluding hydrogens is 290 g/mol. The number of benzene rings is 2. The van der Waals surface area contributed by atoms with E-state index < -0.39 is 11.5 Å². The van der Waals surface area contributed by atoms with Crippen LogP contribution in [0.1, 0.15) is 11.5 Å². The van der Waals surface area contributed by atoms with E-state index in [0.29, 0.717) is 0 Å². The van der Waals surface area contributed by atoms with Gasteiger partial charge in [-0.05, 0) is 35.9 Å². The molecule has 0 unspecified atom stereocenters. The van der Waals surface area contributed by atoms with Crippen LogP contribution in [0.3, 0.4) is 0 Å². The summed E-state index contributed by atoms with van der Waals surface area (Å²) in [7, 11) is 1.61. The van der Waals surface area contributed by atoms with Gasteiger partial charge in [0, 0.05) is 5.69 Å². The fourth-order valence-corrected chi connectivity index (χ4v) is 3.02. The number of anilines is 1. The molecule has 1 aliphatic carbocycles. The molecular formula is C19H19NO3. The van der Waals surface area contributed by atoms with Gasteiger partial charge >= 0.3 is 0 Å². The Balaban J connectivity index is 1.94. The van der Waals surface area contributed by atoms with Crippen molar-refractivity contribution in [2.24, 2.45) is 0 Å². The summed E-state index contributed by atoms with van der Waals surface area (Å²) >= 11 is 0. The lowest BCUT2D eigenvalue weighted by molar-refractivity contribution is -0.116. The predicted molar refractivity (Wildman–Crippen MR) is 89.8 cm³/mol. The van der Waals surface area contributed by atoms with Crippen LogP contribution in [-0.4, -0.2) is 30.1 Å². The van der Waals surface area contributed by atoms with Gasteiger partial charge in [0.05, 0.1) is 25.2 Å². The average Bonchev–Trinajstić information content (AvgIpc) is 2.93. The topological polar surface area (TPSA) is 58.6 Å². The van der Waals surface area contributed by atoms with Crippen molar-refractivity contribution in [1.82, 2.24) is 0 Å². The predicted octanol–water partition coefficient (Wildman–Crippen LogP) is 2.76. The van der Waals surface area contributed by atoms with Gasteiger partial charge in [0.2, 0.25) is 0 Å². The first kappa shape index (κ1) is 15.3. The van der Waals surface area contributed by atoms with Crippen LogP contribution in [0, 0.1) is 0 Å². The van der Waals surface area contributed by atoms with E-state index in [4.69, 9.17) is 4.74 Å². The number of ketones is 1. The van der Waals surface area contributed by atoms with Gasteiger partial charge in [-0.25, -0.2) is 0 Å². The average molecular weight is 309 g/mol. The molecule has 0 bridgehead atoms. The lowest BCUT2D eigenvalue weighted by Crippen LogP contribution is -2.45. The number of hydrogen-bond acceptors (Lipinski definition) is 4. The molecule has 0 saturated carbocycles. The van der Waals surface area contributed by atoms with Crippen molar-refractivity contribution >= 4 is 11.5 Å². The van der Waals surface area contributed by atoms with Gasteiger partial charge in [-0.15, -0.1) is 0 Å². The van der Waals surface area contributed by atoms with Gasteiger partial charge < -0.3 is 15.2 Å². The summed E-state index contributed by atoms with van der Waals surface area (Å²) in [4.78, 5) is 12.4. The van der Waals surface area contributed by atoms with Crippen LogP contribution in [0.4, 0.5) is 5.69 Å². The van der Waals surface area contributed by atoms with E-state index in [2.05, 4.69) is 5.32 Å². The normalized spacial score (nSPS) is 23.0. The zero-order valence-electron chi connectivity index (χ0n) is 12.9. The Morgan fingerprint density at radius 1 is 1.13 bits per heavy atom. The van der Waals surface area contributed by atoms with Crippen molar-refractivity contribution in [2.45, 2.75) is 11.5 Å². The first-order valence-electron chi connectivity index (χ1n) is 7.50. The minimum atomic E-state index is -0.840. The van der Waals surface area contributed by atoms with Gasteiger partial charge in [0.15, 0.2) is 5.78 Å². The maximum Gasteiger partial charge on any atom is 0.165 e.